The summed E-state index contributed by atoms with van der Waals surface area (Å²) in [7, 11) is 0. The molecule has 0 radical (unpaired) electrons. The molecule has 1 aromatic carbocycles. The smallest absolute Gasteiger partial charge is 0.227 e. The van der Waals surface area contributed by atoms with E-state index in [4.69, 9.17) is 4.98 Å². The Morgan fingerprint density at radius 1 is 1.21 bits per heavy atom. The van der Waals surface area contributed by atoms with Gasteiger partial charge in [-0.1, -0.05) is 0 Å². The van der Waals surface area contributed by atoms with E-state index in [1.54, 1.807) is 11.3 Å². The molecule has 8 heteroatoms. The predicted molar refractivity (Wildman–Crippen MR) is 107 cm³/mol. The van der Waals surface area contributed by atoms with Crippen molar-refractivity contribution in [2.45, 2.75) is 44.9 Å². The van der Waals surface area contributed by atoms with E-state index in [9.17, 15) is 18.4 Å². The first kappa shape index (κ1) is 19.9. The number of rotatable bonds is 6. The van der Waals surface area contributed by atoms with E-state index in [1.165, 1.54) is 28.3 Å². The van der Waals surface area contributed by atoms with Gasteiger partial charge in [0.05, 0.1) is 16.6 Å². The molecule has 29 heavy (non-hydrogen) atoms. The number of hydrogen-bond acceptors (Lipinski definition) is 4. The molecule has 2 heterocycles. The first-order valence-corrected chi connectivity index (χ1v) is 10.8. The lowest BCUT2D eigenvalue weighted by Gasteiger charge is -2.17. The molecule has 0 bridgehead atoms. The zero-order valence-electron chi connectivity index (χ0n) is 16.0. The molecular formula is C21H23F2N3O2S. The van der Waals surface area contributed by atoms with Gasteiger partial charge >= 0.3 is 0 Å². The third-order valence-corrected chi connectivity index (χ3v) is 6.63. The number of nitrogens with one attached hydrogen (secondary N) is 1. The van der Waals surface area contributed by atoms with E-state index >= 15 is 0 Å². The zero-order chi connectivity index (χ0) is 20.4. The number of thiazole rings is 1. The minimum atomic E-state index is -0.746. The normalized spacial score (nSPS) is 18.8. The van der Waals surface area contributed by atoms with Gasteiger partial charge in [0.15, 0.2) is 0 Å². The maximum Gasteiger partial charge on any atom is 0.227 e. The number of aryl methyl sites for hydroxylation is 3. The molecule has 2 aromatic rings. The summed E-state index contributed by atoms with van der Waals surface area (Å²) in [5.74, 6) is -2.50. The van der Waals surface area contributed by atoms with Gasteiger partial charge < -0.3 is 10.2 Å². The number of amides is 2. The van der Waals surface area contributed by atoms with E-state index in [0.717, 1.165) is 48.9 Å². The Morgan fingerprint density at radius 3 is 2.72 bits per heavy atom. The standard InChI is InChI=1S/C21H23F2N3O2S/c22-14-9-15(23)11-16(10-14)26-12-13(8-20(26)27)21(28)24-7-3-6-19-25-17-4-1-2-5-18(17)29-19/h9-11,13H,1-8,12H2,(H,24,28). The zero-order valence-corrected chi connectivity index (χ0v) is 16.9. The van der Waals surface area contributed by atoms with Crippen molar-refractivity contribution in [2.75, 3.05) is 18.0 Å². The summed E-state index contributed by atoms with van der Waals surface area (Å²) < 4.78 is 26.8. The molecule has 2 amide bonds. The van der Waals surface area contributed by atoms with Crippen LogP contribution in [0.2, 0.25) is 0 Å². The number of anilines is 1. The monoisotopic (exact) mass is 419 g/mol. The van der Waals surface area contributed by atoms with Gasteiger partial charge in [-0.25, -0.2) is 13.8 Å². The molecule has 1 aromatic heterocycles. The molecule has 1 fully saturated rings. The molecule has 154 valence electrons. The fourth-order valence-corrected chi connectivity index (χ4v) is 5.13. The van der Waals surface area contributed by atoms with E-state index in [-0.39, 0.29) is 30.5 Å². The molecule has 4 rings (SSSR count). The average Bonchev–Trinajstić information content (AvgIpc) is 3.27. The number of nitrogens with zero attached hydrogens (tertiary/aromatic N) is 2. The lowest BCUT2D eigenvalue weighted by Crippen LogP contribution is -2.33. The number of hydrogen-bond donors (Lipinski definition) is 1. The molecule has 1 aliphatic heterocycles. The summed E-state index contributed by atoms with van der Waals surface area (Å²) in [5.41, 5.74) is 1.40. The quantitative estimate of drug-likeness (QED) is 0.730. The summed E-state index contributed by atoms with van der Waals surface area (Å²) in [6, 6.07) is 2.97. The van der Waals surface area contributed by atoms with Crippen molar-refractivity contribution in [1.29, 1.82) is 0 Å². The van der Waals surface area contributed by atoms with Crippen molar-refractivity contribution in [3.63, 3.8) is 0 Å². The van der Waals surface area contributed by atoms with Crippen LogP contribution in [0.4, 0.5) is 14.5 Å². The van der Waals surface area contributed by atoms with Crippen LogP contribution in [0.3, 0.4) is 0 Å². The van der Waals surface area contributed by atoms with Crippen LogP contribution in [-0.4, -0.2) is 29.9 Å². The number of carbonyl (C=O) groups is 2. The molecule has 1 atom stereocenters. The first-order valence-electron chi connectivity index (χ1n) is 10.0. The van der Waals surface area contributed by atoms with Gasteiger partial charge in [0.1, 0.15) is 11.6 Å². The minimum Gasteiger partial charge on any atom is -0.356 e. The maximum atomic E-state index is 13.4. The summed E-state index contributed by atoms with van der Waals surface area (Å²) in [5, 5.41) is 4.01. The number of fused-ring (bicyclic) bond motifs is 1. The second kappa shape index (κ2) is 8.57. The van der Waals surface area contributed by atoms with Crippen molar-refractivity contribution < 1.29 is 18.4 Å². The maximum absolute atomic E-state index is 13.4. The molecular weight excluding hydrogens is 396 g/mol. The van der Waals surface area contributed by atoms with Gasteiger partial charge in [-0.3, -0.25) is 9.59 Å². The van der Waals surface area contributed by atoms with Crippen LogP contribution in [-0.2, 0) is 28.9 Å². The largest absolute Gasteiger partial charge is 0.356 e. The van der Waals surface area contributed by atoms with Crippen LogP contribution in [0.5, 0.6) is 0 Å². The Labute approximate surface area is 172 Å². The van der Waals surface area contributed by atoms with Gasteiger partial charge in [-0.05, 0) is 44.2 Å². The van der Waals surface area contributed by atoms with Gasteiger partial charge in [-0.2, -0.15) is 0 Å². The van der Waals surface area contributed by atoms with Crippen molar-refractivity contribution in [2.24, 2.45) is 5.92 Å². The Hall–Kier alpha value is -2.35. The topological polar surface area (TPSA) is 62.3 Å². The van der Waals surface area contributed by atoms with Crippen molar-refractivity contribution >= 4 is 28.8 Å². The van der Waals surface area contributed by atoms with Crippen LogP contribution >= 0.6 is 11.3 Å². The van der Waals surface area contributed by atoms with Crippen LogP contribution in [0.1, 0.15) is 41.3 Å². The van der Waals surface area contributed by atoms with Crippen LogP contribution < -0.4 is 10.2 Å². The van der Waals surface area contributed by atoms with Crippen LogP contribution in [0.15, 0.2) is 18.2 Å². The van der Waals surface area contributed by atoms with Crippen molar-refractivity contribution in [3.05, 3.63) is 45.4 Å². The van der Waals surface area contributed by atoms with Gasteiger partial charge in [0.2, 0.25) is 11.8 Å². The van der Waals surface area contributed by atoms with Gasteiger partial charge in [0, 0.05) is 42.6 Å². The van der Waals surface area contributed by atoms with Gasteiger partial charge in [-0.15, -0.1) is 11.3 Å². The van der Waals surface area contributed by atoms with E-state index in [2.05, 4.69) is 5.32 Å². The minimum absolute atomic E-state index is 0.0448. The summed E-state index contributed by atoms with van der Waals surface area (Å²) in [6.07, 6.45) is 6.32. The fraction of sp³-hybridized carbons (Fsp3) is 0.476. The number of halogens is 2. The van der Waals surface area contributed by atoms with E-state index < -0.39 is 17.6 Å². The number of benzene rings is 1. The van der Waals surface area contributed by atoms with Crippen molar-refractivity contribution in [3.8, 4) is 0 Å². The highest BCUT2D eigenvalue weighted by Gasteiger charge is 2.35. The summed E-state index contributed by atoms with van der Waals surface area (Å²) in [4.78, 5) is 32.0. The highest BCUT2D eigenvalue weighted by molar-refractivity contribution is 7.11. The highest BCUT2D eigenvalue weighted by Crippen LogP contribution is 2.28. The lowest BCUT2D eigenvalue weighted by atomic mass is 10.0. The molecule has 1 aliphatic carbocycles. The number of carbonyl (C=O) groups excluding carboxylic acids is 2. The fourth-order valence-electron chi connectivity index (χ4n) is 3.94. The Kier molecular flexibility index (Phi) is 5.89. The van der Waals surface area contributed by atoms with E-state index in [0.29, 0.717) is 6.54 Å². The molecule has 1 N–H and O–H groups in total. The molecule has 0 saturated carbocycles. The van der Waals surface area contributed by atoms with Crippen LogP contribution in [0, 0.1) is 17.6 Å². The molecule has 2 aliphatic rings. The lowest BCUT2D eigenvalue weighted by molar-refractivity contribution is -0.126. The SMILES string of the molecule is O=C(NCCCc1nc2c(s1)CCCC2)C1CC(=O)N(c2cc(F)cc(F)c2)C1. The summed E-state index contributed by atoms with van der Waals surface area (Å²) >= 11 is 1.78. The third kappa shape index (κ3) is 4.63. The Balaban J connectivity index is 1.26. The average molecular weight is 419 g/mol. The van der Waals surface area contributed by atoms with Crippen molar-refractivity contribution in [1.82, 2.24) is 10.3 Å². The van der Waals surface area contributed by atoms with E-state index in [1.807, 2.05) is 0 Å². The second-order valence-corrected chi connectivity index (χ2v) is 8.78. The first-order chi connectivity index (χ1) is 14.0. The Morgan fingerprint density at radius 2 is 1.97 bits per heavy atom. The number of aromatic nitrogens is 1. The molecule has 1 unspecified atom stereocenters. The molecule has 1 saturated heterocycles. The molecule has 0 spiro atoms. The highest BCUT2D eigenvalue weighted by atomic mass is 32.1. The Bertz CT molecular complexity index is 887. The predicted octanol–water partition coefficient (Wildman–Crippen LogP) is 3.40. The summed E-state index contributed by atoms with van der Waals surface area (Å²) in [6.45, 7) is 0.648. The second-order valence-electron chi connectivity index (χ2n) is 7.61. The third-order valence-electron chi connectivity index (χ3n) is 5.41. The molecule has 5 nitrogen and oxygen atoms in total. The van der Waals surface area contributed by atoms with Gasteiger partial charge in [0.25, 0.3) is 0 Å². The van der Waals surface area contributed by atoms with Crippen LogP contribution in [0.25, 0.3) is 0 Å².